The second-order valence-corrected chi connectivity index (χ2v) is 4.86. The van der Waals surface area contributed by atoms with Crippen molar-refractivity contribution in [3.63, 3.8) is 0 Å². The van der Waals surface area contributed by atoms with E-state index in [0.717, 1.165) is 11.5 Å². The van der Waals surface area contributed by atoms with Crippen LogP contribution in [0.2, 0.25) is 0 Å². The lowest BCUT2D eigenvalue weighted by atomic mass is 10.0. The molecular formula is C12H19N3O2. The Kier molecular flexibility index (Phi) is 3.59. The average Bonchev–Trinajstić information content (AvgIpc) is 2.75. The van der Waals surface area contributed by atoms with Crippen LogP contribution in [0.15, 0.2) is 12.4 Å². The smallest absolute Gasteiger partial charge is 0.129 e. The molecule has 1 aliphatic heterocycles. The van der Waals surface area contributed by atoms with Crippen LogP contribution in [0.25, 0.3) is 0 Å². The number of aliphatic hydroxyl groups is 1. The summed E-state index contributed by atoms with van der Waals surface area (Å²) in [6.07, 6.45) is 2.22. The Bertz CT molecular complexity index is 376. The summed E-state index contributed by atoms with van der Waals surface area (Å²) < 4.78 is 5.19. The number of hydrogen-bond acceptors (Lipinski definition) is 5. The van der Waals surface area contributed by atoms with E-state index in [1.165, 1.54) is 0 Å². The van der Waals surface area contributed by atoms with Gasteiger partial charge in [0.15, 0.2) is 0 Å². The van der Waals surface area contributed by atoms with Crippen LogP contribution in [0.5, 0.6) is 0 Å². The molecule has 1 saturated heterocycles. The minimum Gasteiger partial charge on any atom is -0.386 e. The van der Waals surface area contributed by atoms with E-state index in [2.05, 4.69) is 29.1 Å². The summed E-state index contributed by atoms with van der Waals surface area (Å²) in [4.78, 5) is 8.34. The molecule has 5 heteroatoms. The second kappa shape index (κ2) is 4.98. The van der Waals surface area contributed by atoms with Gasteiger partial charge in [-0.05, 0) is 5.92 Å². The zero-order chi connectivity index (χ0) is 12.3. The number of nitrogens with one attached hydrogen (secondary N) is 1. The monoisotopic (exact) mass is 237 g/mol. The fraction of sp³-hybridized carbons (Fsp3) is 0.667. The lowest BCUT2D eigenvalue weighted by Gasteiger charge is -2.21. The molecule has 0 spiro atoms. The van der Waals surface area contributed by atoms with Gasteiger partial charge in [0, 0.05) is 31.3 Å². The van der Waals surface area contributed by atoms with Crippen molar-refractivity contribution >= 4 is 5.82 Å². The van der Waals surface area contributed by atoms with E-state index in [1.807, 2.05) is 6.07 Å². The van der Waals surface area contributed by atoms with Crippen LogP contribution in [0.3, 0.4) is 0 Å². The molecule has 5 nitrogen and oxygen atoms in total. The molecule has 1 atom stereocenters. The van der Waals surface area contributed by atoms with E-state index in [0.29, 0.717) is 32.1 Å². The Morgan fingerprint density at radius 2 is 2.35 bits per heavy atom. The van der Waals surface area contributed by atoms with E-state index in [9.17, 15) is 5.11 Å². The first-order valence-corrected chi connectivity index (χ1v) is 5.95. The Morgan fingerprint density at radius 1 is 1.53 bits per heavy atom. The van der Waals surface area contributed by atoms with Crippen molar-refractivity contribution in [1.29, 1.82) is 0 Å². The van der Waals surface area contributed by atoms with Gasteiger partial charge in [-0.15, -0.1) is 0 Å². The second-order valence-electron chi connectivity index (χ2n) is 4.86. The molecule has 0 bridgehead atoms. The third-order valence-electron chi connectivity index (χ3n) is 2.96. The van der Waals surface area contributed by atoms with Gasteiger partial charge in [-0.2, -0.15) is 0 Å². The molecule has 1 aromatic rings. The molecule has 0 radical (unpaired) electrons. The van der Waals surface area contributed by atoms with Crippen molar-refractivity contribution in [1.82, 2.24) is 9.97 Å². The average molecular weight is 237 g/mol. The highest BCUT2D eigenvalue weighted by Gasteiger charge is 2.31. The Labute approximate surface area is 101 Å². The number of aromatic nitrogens is 2. The first kappa shape index (κ1) is 12.3. The molecule has 2 rings (SSSR count). The van der Waals surface area contributed by atoms with E-state index in [-0.39, 0.29) is 0 Å². The van der Waals surface area contributed by atoms with E-state index < -0.39 is 5.60 Å². The summed E-state index contributed by atoms with van der Waals surface area (Å²) in [7, 11) is 0. The van der Waals surface area contributed by atoms with Crippen LogP contribution in [0, 0.1) is 0 Å². The third-order valence-corrected chi connectivity index (χ3v) is 2.96. The van der Waals surface area contributed by atoms with E-state index >= 15 is 0 Å². The lowest BCUT2D eigenvalue weighted by Crippen LogP contribution is -2.37. The largest absolute Gasteiger partial charge is 0.386 e. The molecule has 2 heterocycles. The maximum Gasteiger partial charge on any atom is 0.129 e. The quantitative estimate of drug-likeness (QED) is 0.822. The molecule has 0 aliphatic carbocycles. The van der Waals surface area contributed by atoms with Crippen molar-refractivity contribution in [2.24, 2.45) is 0 Å². The molecule has 0 saturated carbocycles. The molecule has 0 amide bonds. The normalized spacial score (nSPS) is 24.2. The fourth-order valence-electron chi connectivity index (χ4n) is 1.78. The number of anilines is 1. The summed E-state index contributed by atoms with van der Waals surface area (Å²) in [6, 6.07) is 1.92. The fourth-order valence-corrected chi connectivity index (χ4v) is 1.78. The minimum atomic E-state index is -0.761. The van der Waals surface area contributed by atoms with Gasteiger partial charge in [-0.25, -0.2) is 9.97 Å². The van der Waals surface area contributed by atoms with E-state index in [4.69, 9.17) is 4.74 Å². The van der Waals surface area contributed by atoms with Crippen LogP contribution >= 0.6 is 0 Å². The van der Waals surface area contributed by atoms with Gasteiger partial charge < -0.3 is 15.2 Å². The molecule has 17 heavy (non-hydrogen) atoms. The molecule has 1 fully saturated rings. The molecule has 1 unspecified atom stereocenters. The lowest BCUT2D eigenvalue weighted by molar-refractivity contribution is 0.0381. The zero-order valence-corrected chi connectivity index (χ0v) is 10.3. The maximum absolute atomic E-state index is 10.1. The van der Waals surface area contributed by atoms with Crippen LogP contribution in [-0.2, 0) is 4.74 Å². The SMILES string of the molecule is CC(C)c1cc(NCC2(O)CCOC2)ncn1. The number of ether oxygens (including phenoxy) is 1. The van der Waals surface area contributed by atoms with Gasteiger partial charge in [-0.1, -0.05) is 13.8 Å². The highest BCUT2D eigenvalue weighted by molar-refractivity contribution is 5.36. The van der Waals surface area contributed by atoms with Crippen molar-refractivity contribution in [2.45, 2.75) is 31.8 Å². The first-order chi connectivity index (χ1) is 8.09. The van der Waals surface area contributed by atoms with Crippen LogP contribution in [0.1, 0.15) is 31.9 Å². The molecule has 94 valence electrons. The van der Waals surface area contributed by atoms with Crippen LogP contribution in [-0.4, -0.2) is 40.4 Å². The van der Waals surface area contributed by atoms with Gasteiger partial charge in [0.25, 0.3) is 0 Å². The first-order valence-electron chi connectivity index (χ1n) is 5.95. The van der Waals surface area contributed by atoms with Crippen LogP contribution in [0.4, 0.5) is 5.82 Å². The summed E-state index contributed by atoms with van der Waals surface area (Å²) in [5.41, 5.74) is 0.236. The predicted molar refractivity (Wildman–Crippen MR) is 65.0 cm³/mol. The molecule has 1 aliphatic rings. The highest BCUT2D eigenvalue weighted by atomic mass is 16.5. The number of nitrogens with zero attached hydrogens (tertiary/aromatic N) is 2. The number of hydrogen-bond donors (Lipinski definition) is 2. The summed E-state index contributed by atoms with van der Waals surface area (Å²) >= 11 is 0. The molecule has 1 aromatic heterocycles. The van der Waals surface area contributed by atoms with Gasteiger partial charge in [0.05, 0.1) is 6.61 Å². The summed E-state index contributed by atoms with van der Waals surface area (Å²) in [5.74, 6) is 1.13. The topological polar surface area (TPSA) is 67.3 Å². The Morgan fingerprint density at radius 3 is 3.00 bits per heavy atom. The van der Waals surface area contributed by atoms with Crippen molar-refractivity contribution in [3.05, 3.63) is 18.1 Å². The standard InChI is InChI=1S/C12H19N3O2/c1-9(2)10-5-11(15-8-14-10)13-6-12(16)3-4-17-7-12/h5,8-9,16H,3-4,6-7H2,1-2H3,(H,13,14,15). The number of rotatable bonds is 4. The Hall–Kier alpha value is -1.20. The maximum atomic E-state index is 10.1. The van der Waals surface area contributed by atoms with Gasteiger partial charge in [0.1, 0.15) is 17.7 Å². The third kappa shape index (κ3) is 3.14. The molecule has 2 N–H and O–H groups in total. The summed E-state index contributed by atoms with van der Waals surface area (Å²) in [5, 5.41) is 13.2. The van der Waals surface area contributed by atoms with Crippen LogP contribution < -0.4 is 5.32 Å². The minimum absolute atomic E-state index is 0.372. The predicted octanol–water partition coefficient (Wildman–Crippen LogP) is 1.16. The van der Waals surface area contributed by atoms with Gasteiger partial charge >= 0.3 is 0 Å². The van der Waals surface area contributed by atoms with Gasteiger partial charge in [-0.3, -0.25) is 0 Å². The zero-order valence-electron chi connectivity index (χ0n) is 10.3. The van der Waals surface area contributed by atoms with Crippen molar-refractivity contribution in [3.8, 4) is 0 Å². The van der Waals surface area contributed by atoms with Crippen molar-refractivity contribution < 1.29 is 9.84 Å². The van der Waals surface area contributed by atoms with Crippen molar-refractivity contribution in [2.75, 3.05) is 25.1 Å². The highest BCUT2D eigenvalue weighted by Crippen LogP contribution is 2.19. The summed E-state index contributed by atoms with van der Waals surface area (Å²) in [6.45, 7) is 5.65. The molecule has 0 aromatic carbocycles. The Balaban J connectivity index is 1.96. The molecular weight excluding hydrogens is 218 g/mol. The van der Waals surface area contributed by atoms with Gasteiger partial charge in [0.2, 0.25) is 0 Å². The van der Waals surface area contributed by atoms with E-state index in [1.54, 1.807) is 6.33 Å².